The van der Waals surface area contributed by atoms with Gasteiger partial charge in [-0.25, -0.2) is 0 Å². The van der Waals surface area contributed by atoms with Gasteiger partial charge in [0.1, 0.15) is 11.9 Å². The molecule has 0 saturated heterocycles. The van der Waals surface area contributed by atoms with E-state index in [4.69, 9.17) is 0 Å². The fraction of sp³-hybridized carbons (Fsp3) is 0.286. The number of aliphatic hydroxyl groups is 2. The lowest BCUT2D eigenvalue weighted by Crippen LogP contribution is -2.18. The third-order valence-electron chi connectivity index (χ3n) is 2.98. The Labute approximate surface area is 111 Å². The van der Waals surface area contributed by atoms with Gasteiger partial charge in [-0.05, 0) is 46.7 Å². The summed E-state index contributed by atoms with van der Waals surface area (Å²) in [7, 11) is 0. The zero-order valence-electron chi connectivity index (χ0n) is 9.82. The van der Waals surface area contributed by atoms with Gasteiger partial charge in [-0.1, -0.05) is 18.2 Å². The molecule has 2 atom stereocenters. The predicted octanol–water partition coefficient (Wildman–Crippen LogP) is 2.26. The van der Waals surface area contributed by atoms with Gasteiger partial charge in [-0.2, -0.15) is 12.6 Å². The number of phenols is 1. The first-order valence-electron chi connectivity index (χ1n) is 5.81. The molecule has 0 spiro atoms. The van der Waals surface area contributed by atoms with Crippen molar-refractivity contribution < 1.29 is 15.3 Å². The first-order chi connectivity index (χ1) is 8.61. The van der Waals surface area contributed by atoms with Crippen molar-refractivity contribution in [3.63, 3.8) is 0 Å². The lowest BCUT2D eigenvalue weighted by atomic mass is 9.99. The summed E-state index contributed by atoms with van der Waals surface area (Å²) in [6, 6.07) is 10.4. The van der Waals surface area contributed by atoms with Crippen LogP contribution >= 0.6 is 12.6 Å². The summed E-state index contributed by atoms with van der Waals surface area (Å²) in [5, 5.41) is 30.9. The summed E-state index contributed by atoms with van der Waals surface area (Å²) in [6.07, 6.45) is -1.27. The maximum Gasteiger partial charge on any atom is 0.116 e. The minimum Gasteiger partial charge on any atom is -0.508 e. The molecule has 2 unspecified atom stereocenters. The molecule has 0 aliphatic heterocycles. The van der Waals surface area contributed by atoms with Gasteiger partial charge in [0.15, 0.2) is 0 Å². The summed E-state index contributed by atoms with van der Waals surface area (Å²) in [5.74, 6) is 0.741. The fourth-order valence-corrected chi connectivity index (χ4v) is 2.21. The van der Waals surface area contributed by atoms with Crippen LogP contribution in [0.5, 0.6) is 5.75 Å². The number of rotatable bonds is 4. The molecule has 96 valence electrons. The van der Waals surface area contributed by atoms with Crippen LogP contribution in [0.3, 0.4) is 0 Å². The molecule has 2 aromatic carbocycles. The van der Waals surface area contributed by atoms with E-state index in [1.54, 1.807) is 24.3 Å². The van der Waals surface area contributed by atoms with E-state index in [2.05, 4.69) is 12.6 Å². The number of thiol groups is 1. The second-order valence-electron chi connectivity index (χ2n) is 4.32. The Kier molecular flexibility index (Phi) is 4.11. The van der Waals surface area contributed by atoms with E-state index in [1.165, 1.54) is 0 Å². The molecule has 3 nitrogen and oxygen atoms in total. The largest absolute Gasteiger partial charge is 0.508 e. The second kappa shape index (κ2) is 5.61. The Morgan fingerprint density at radius 1 is 1.00 bits per heavy atom. The highest BCUT2D eigenvalue weighted by atomic mass is 32.1. The van der Waals surface area contributed by atoms with E-state index in [0.29, 0.717) is 17.7 Å². The highest BCUT2D eigenvalue weighted by Gasteiger charge is 2.17. The zero-order valence-corrected chi connectivity index (χ0v) is 10.7. The number of aromatic hydroxyl groups is 1. The minimum absolute atomic E-state index is 0.214. The van der Waals surface area contributed by atoms with Gasteiger partial charge >= 0.3 is 0 Å². The first kappa shape index (κ1) is 13.2. The maximum atomic E-state index is 10.0. The quantitative estimate of drug-likeness (QED) is 0.641. The minimum atomic E-state index is -0.907. The molecule has 0 fully saturated rings. The van der Waals surface area contributed by atoms with Crippen molar-refractivity contribution in [3.8, 4) is 5.75 Å². The molecule has 3 N–H and O–H groups in total. The molecule has 0 aliphatic carbocycles. The summed E-state index contributed by atoms with van der Waals surface area (Å²) >= 11 is 4.04. The van der Waals surface area contributed by atoms with Crippen molar-refractivity contribution in [2.45, 2.75) is 18.6 Å². The van der Waals surface area contributed by atoms with Gasteiger partial charge in [0.2, 0.25) is 0 Å². The number of hydrogen-bond acceptors (Lipinski definition) is 4. The van der Waals surface area contributed by atoms with Gasteiger partial charge in [0, 0.05) is 0 Å². The topological polar surface area (TPSA) is 60.7 Å². The number of aliphatic hydroxyl groups excluding tert-OH is 2. The van der Waals surface area contributed by atoms with Gasteiger partial charge in [-0.3, -0.25) is 0 Å². The van der Waals surface area contributed by atoms with Crippen molar-refractivity contribution in [1.29, 1.82) is 0 Å². The van der Waals surface area contributed by atoms with Gasteiger partial charge in [-0.15, -0.1) is 0 Å². The molecule has 0 heterocycles. The van der Waals surface area contributed by atoms with Crippen LogP contribution in [0.2, 0.25) is 0 Å². The summed E-state index contributed by atoms with van der Waals surface area (Å²) in [6.45, 7) is 0. The molecular formula is C14H16O3S. The Morgan fingerprint density at radius 3 is 2.39 bits per heavy atom. The third-order valence-corrected chi connectivity index (χ3v) is 3.24. The zero-order chi connectivity index (χ0) is 13.1. The van der Waals surface area contributed by atoms with E-state index in [-0.39, 0.29) is 5.75 Å². The smallest absolute Gasteiger partial charge is 0.116 e. The molecule has 0 aromatic heterocycles. The second-order valence-corrected chi connectivity index (χ2v) is 4.76. The van der Waals surface area contributed by atoms with Gasteiger partial charge in [0.05, 0.1) is 6.10 Å². The normalized spacial score (nSPS) is 14.6. The Morgan fingerprint density at radius 2 is 1.67 bits per heavy atom. The molecular weight excluding hydrogens is 248 g/mol. The van der Waals surface area contributed by atoms with Crippen LogP contribution in [0, 0.1) is 0 Å². The molecule has 0 radical (unpaired) electrons. The highest BCUT2D eigenvalue weighted by molar-refractivity contribution is 7.80. The Bertz CT molecular complexity index is 542. The van der Waals surface area contributed by atoms with E-state index in [1.807, 2.05) is 12.1 Å². The molecule has 0 aliphatic rings. The molecule has 2 aromatic rings. The van der Waals surface area contributed by atoms with E-state index in [0.717, 1.165) is 10.8 Å². The van der Waals surface area contributed by atoms with Crippen LogP contribution in [0.4, 0.5) is 0 Å². The third kappa shape index (κ3) is 2.77. The predicted molar refractivity (Wildman–Crippen MR) is 75.0 cm³/mol. The molecule has 18 heavy (non-hydrogen) atoms. The van der Waals surface area contributed by atoms with Crippen molar-refractivity contribution in [3.05, 3.63) is 42.0 Å². The first-order valence-corrected chi connectivity index (χ1v) is 6.45. The van der Waals surface area contributed by atoms with Crippen molar-refractivity contribution >= 4 is 23.4 Å². The van der Waals surface area contributed by atoms with Crippen molar-refractivity contribution in [2.24, 2.45) is 0 Å². The molecule has 2 rings (SSSR count). The number of hydrogen-bond donors (Lipinski definition) is 4. The number of fused-ring (bicyclic) bond motifs is 1. The van der Waals surface area contributed by atoms with E-state index >= 15 is 0 Å². The van der Waals surface area contributed by atoms with Gasteiger partial charge in [0.25, 0.3) is 0 Å². The standard InChI is InChI=1S/C14H16O3S/c15-12-4-3-9-7-11(2-1-10(9)8-12)14(17)13(16)5-6-18/h1-4,7-8,13-18H,5-6H2. The lowest BCUT2D eigenvalue weighted by molar-refractivity contribution is 0.0173. The van der Waals surface area contributed by atoms with E-state index < -0.39 is 12.2 Å². The highest BCUT2D eigenvalue weighted by Crippen LogP contribution is 2.26. The molecule has 4 heteroatoms. The number of phenolic OH excluding ortho intramolecular Hbond substituents is 1. The van der Waals surface area contributed by atoms with Gasteiger partial charge < -0.3 is 15.3 Å². The summed E-state index contributed by atoms with van der Waals surface area (Å²) in [5.41, 5.74) is 0.669. The Hall–Kier alpha value is -1.23. The van der Waals surface area contributed by atoms with E-state index in [9.17, 15) is 15.3 Å². The van der Waals surface area contributed by atoms with Crippen LogP contribution in [0.25, 0.3) is 10.8 Å². The number of benzene rings is 2. The summed E-state index contributed by atoms with van der Waals surface area (Å²) in [4.78, 5) is 0. The average Bonchev–Trinajstić information content (AvgIpc) is 2.37. The van der Waals surface area contributed by atoms with Crippen LogP contribution < -0.4 is 0 Å². The monoisotopic (exact) mass is 264 g/mol. The van der Waals surface area contributed by atoms with Crippen LogP contribution in [-0.4, -0.2) is 27.2 Å². The molecule has 0 saturated carbocycles. The Balaban J connectivity index is 2.32. The average molecular weight is 264 g/mol. The summed E-state index contributed by atoms with van der Waals surface area (Å²) < 4.78 is 0. The van der Waals surface area contributed by atoms with Crippen molar-refractivity contribution in [1.82, 2.24) is 0 Å². The van der Waals surface area contributed by atoms with Crippen LogP contribution in [0.1, 0.15) is 18.1 Å². The molecule has 0 bridgehead atoms. The van der Waals surface area contributed by atoms with Crippen LogP contribution in [-0.2, 0) is 0 Å². The SMILES string of the molecule is Oc1ccc2cc(C(O)C(O)CCS)ccc2c1. The van der Waals surface area contributed by atoms with Crippen LogP contribution in [0.15, 0.2) is 36.4 Å². The lowest BCUT2D eigenvalue weighted by Gasteiger charge is -2.17. The molecule has 0 amide bonds. The maximum absolute atomic E-state index is 10.0. The fourth-order valence-electron chi connectivity index (χ4n) is 1.95. The van der Waals surface area contributed by atoms with Crippen molar-refractivity contribution in [2.75, 3.05) is 5.75 Å².